The molecule has 1 amide bonds. The van der Waals surface area contributed by atoms with E-state index in [1.165, 1.54) is 16.7 Å². The molecule has 1 N–H and O–H groups in total. The van der Waals surface area contributed by atoms with Gasteiger partial charge in [-0.05, 0) is 52.1 Å². The summed E-state index contributed by atoms with van der Waals surface area (Å²) in [5.74, 6) is -0.0902. The quantitative estimate of drug-likeness (QED) is 0.652. The molecular weight excluding hydrogens is 376 g/mol. The molecule has 2 heterocycles. The molecule has 1 aromatic heterocycles. The number of halogens is 1. The third-order valence-corrected chi connectivity index (χ3v) is 5.95. The average molecular weight is 397 g/mol. The first-order valence-corrected chi connectivity index (χ1v) is 10.4. The van der Waals surface area contributed by atoms with Crippen LogP contribution in [0, 0.1) is 0 Å². The van der Waals surface area contributed by atoms with E-state index in [2.05, 4.69) is 51.3 Å². The number of thiophene rings is 1. The third kappa shape index (κ3) is 4.41. The molecular formula is C22H21ClN2OS. The van der Waals surface area contributed by atoms with Crippen LogP contribution in [0.15, 0.2) is 65.4 Å². The Bertz CT molecular complexity index is 908. The monoisotopic (exact) mass is 396 g/mol. The van der Waals surface area contributed by atoms with Crippen LogP contribution < -0.4 is 5.32 Å². The van der Waals surface area contributed by atoms with Crippen LogP contribution >= 0.6 is 22.9 Å². The van der Waals surface area contributed by atoms with Gasteiger partial charge in [0.2, 0.25) is 0 Å². The SMILES string of the molecule is O=C(NC1CCN(Cc2ccc(-c3ccsc3)cc2)C1)c1ccccc1Cl. The zero-order chi connectivity index (χ0) is 18.6. The van der Waals surface area contributed by atoms with Gasteiger partial charge in [0, 0.05) is 25.7 Å². The van der Waals surface area contributed by atoms with Gasteiger partial charge in [0.1, 0.15) is 0 Å². The first-order chi connectivity index (χ1) is 13.2. The Balaban J connectivity index is 1.32. The maximum atomic E-state index is 12.4. The van der Waals surface area contributed by atoms with Crippen LogP contribution in [0.25, 0.3) is 11.1 Å². The van der Waals surface area contributed by atoms with Gasteiger partial charge in [-0.2, -0.15) is 11.3 Å². The molecule has 0 bridgehead atoms. The molecule has 4 rings (SSSR count). The third-order valence-electron chi connectivity index (χ3n) is 4.94. The minimum Gasteiger partial charge on any atom is -0.348 e. The molecule has 1 fully saturated rings. The van der Waals surface area contributed by atoms with E-state index >= 15 is 0 Å². The molecule has 138 valence electrons. The Morgan fingerprint density at radius 2 is 1.93 bits per heavy atom. The fraction of sp³-hybridized carbons (Fsp3) is 0.227. The molecule has 0 saturated carbocycles. The van der Waals surface area contributed by atoms with E-state index in [4.69, 9.17) is 11.6 Å². The molecule has 27 heavy (non-hydrogen) atoms. The van der Waals surface area contributed by atoms with Crippen molar-refractivity contribution in [3.8, 4) is 11.1 Å². The molecule has 1 saturated heterocycles. The number of carbonyl (C=O) groups excluding carboxylic acids is 1. The van der Waals surface area contributed by atoms with Crippen molar-refractivity contribution >= 4 is 28.8 Å². The van der Waals surface area contributed by atoms with Crippen molar-refractivity contribution in [1.82, 2.24) is 10.2 Å². The summed E-state index contributed by atoms with van der Waals surface area (Å²) in [6.45, 7) is 2.75. The highest BCUT2D eigenvalue weighted by atomic mass is 35.5. The van der Waals surface area contributed by atoms with Gasteiger partial charge in [0.05, 0.1) is 10.6 Å². The van der Waals surface area contributed by atoms with Crippen molar-refractivity contribution in [2.45, 2.75) is 19.0 Å². The maximum Gasteiger partial charge on any atom is 0.253 e. The highest BCUT2D eigenvalue weighted by Gasteiger charge is 2.24. The second-order valence-electron chi connectivity index (χ2n) is 6.88. The standard InChI is InChI=1S/C22H21ClN2OS/c23-21-4-2-1-3-20(21)22(26)24-19-9-11-25(14-19)13-16-5-7-17(8-6-16)18-10-12-27-15-18/h1-8,10,12,15,19H,9,11,13-14H2,(H,24,26). The number of rotatable bonds is 5. The van der Waals surface area contributed by atoms with Crippen molar-refractivity contribution in [2.24, 2.45) is 0 Å². The maximum absolute atomic E-state index is 12.4. The zero-order valence-electron chi connectivity index (χ0n) is 14.9. The topological polar surface area (TPSA) is 32.3 Å². The highest BCUT2D eigenvalue weighted by Crippen LogP contribution is 2.23. The lowest BCUT2D eigenvalue weighted by Crippen LogP contribution is -2.37. The minimum absolute atomic E-state index is 0.0902. The second kappa shape index (κ2) is 8.26. The van der Waals surface area contributed by atoms with Crippen LogP contribution in [0.4, 0.5) is 0 Å². The Kier molecular flexibility index (Phi) is 5.58. The van der Waals surface area contributed by atoms with Crippen LogP contribution in [-0.2, 0) is 6.54 Å². The first kappa shape index (κ1) is 18.2. The average Bonchev–Trinajstić information content (AvgIpc) is 3.35. The van der Waals surface area contributed by atoms with Gasteiger partial charge in [-0.25, -0.2) is 0 Å². The van der Waals surface area contributed by atoms with Gasteiger partial charge in [-0.3, -0.25) is 9.69 Å². The number of nitrogens with zero attached hydrogens (tertiary/aromatic N) is 1. The number of likely N-dealkylation sites (tertiary alicyclic amines) is 1. The van der Waals surface area contributed by atoms with Crippen molar-refractivity contribution in [3.63, 3.8) is 0 Å². The highest BCUT2D eigenvalue weighted by molar-refractivity contribution is 7.08. The molecule has 1 atom stereocenters. The van der Waals surface area contributed by atoms with Gasteiger partial charge in [0.15, 0.2) is 0 Å². The molecule has 0 aliphatic carbocycles. The Hall–Kier alpha value is -2.14. The second-order valence-corrected chi connectivity index (χ2v) is 8.07. The molecule has 1 aliphatic heterocycles. The smallest absolute Gasteiger partial charge is 0.253 e. The Morgan fingerprint density at radius 3 is 2.67 bits per heavy atom. The normalized spacial score (nSPS) is 17.1. The van der Waals surface area contributed by atoms with Gasteiger partial charge in [0.25, 0.3) is 5.91 Å². The molecule has 1 aliphatic rings. The summed E-state index contributed by atoms with van der Waals surface area (Å²) >= 11 is 7.84. The van der Waals surface area contributed by atoms with Gasteiger partial charge in [-0.1, -0.05) is 48.0 Å². The van der Waals surface area contributed by atoms with E-state index in [-0.39, 0.29) is 11.9 Å². The fourth-order valence-electron chi connectivity index (χ4n) is 3.49. The number of hydrogen-bond donors (Lipinski definition) is 1. The number of amides is 1. The Labute approximate surface area is 168 Å². The zero-order valence-corrected chi connectivity index (χ0v) is 16.5. The van der Waals surface area contributed by atoms with E-state index in [0.717, 1.165) is 26.1 Å². The molecule has 1 unspecified atom stereocenters. The number of nitrogens with one attached hydrogen (secondary N) is 1. The van der Waals surface area contributed by atoms with E-state index in [0.29, 0.717) is 10.6 Å². The van der Waals surface area contributed by atoms with E-state index < -0.39 is 0 Å². The van der Waals surface area contributed by atoms with E-state index in [1.54, 1.807) is 23.5 Å². The summed E-state index contributed by atoms with van der Waals surface area (Å²) in [6.07, 6.45) is 0.961. The van der Waals surface area contributed by atoms with Crippen molar-refractivity contribution in [3.05, 3.63) is 81.5 Å². The van der Waals surface area contributed by atoms with Crippen molar-refractivity contribution in [2.75, 3.05) is 13.1 Å². The first-order valence-electron chi connectivity index (χ1n) is 9.08. The summed E-state index contributed by atoms with van der Waals surface area (Å²) in [6, 6.07) is 18.3. The van der Waals surface area contributed by atoms with E-state index in [1.807, 2.05) is 12.1 Å². The van der Waals surface area contributed by atoms with Crippen LogP contribution in [0.3, 0.4) is 0 Å². The van der Waals surface area contributed by atoms with E-state index in [9.17, 15) is 4.79 Å². The number of benzene rings is 2. The lowest BCUT2D eigenvalue weighted by Gasteiger charge is -2.17. The molecule has 3 aromatic rings. The van der Waals surface area contributed by atoms with Crippen molar-refractivity contribution in [1.29, 1.82) is 0 Å². The number of hydrogen-bond acceptors (Lipinski definition) is 3. The van der Waals surface area contributed by atoms with Crippen LogP contribution in [0.2, 0.25) is 5.02 Å². The minimum atomic E-state index is -0.0902. The summed E-state index contributed by atoms with van der Waals surface area (Å²) in [7, 11) is 0. The molecule has 3 nitrogen and oxygen atoms in total. The molecule has 0 spiro atoms. The van der Waals surface area contributed by atoms with Gasteiger partial charge >= 0.3 is 0 Å². The van der Waals surface area contributed by atoms with Gasteiger partial charge in [-0.15, -0.1) is 0 Å². The van der Waals surface area contributed by atoms with Crippen molar-refractivity contribution < 1.29 is 4.79 Å². The largest absolute Gasteiger partial charge is 0.348 e. The summed E-state index contributed by atoms with van der Waals surface area (Å²) < 4.78 is 0. The predicted octanol–water partition coefficient (Wildman–Crippen LogP) is 5.07. The van der Waals surface area contributed by atoms with Crippen LogP contribution in [0.1, 0.15) is 22.3 Å². The predicted molar refractivity (Wildman–Crippen MR) is 112 cm³/mol. The summed E-state index contributed by atoms with van der Waals surface area (Å²) in [4.78, 5) is 14.8. The lowest BCUT2D eigenvalue weighted by atomic mass is 10.1. The Morgan fingerprint density at radius 1 is 1.11 bits per heavy atom. The van der Waals surface area contributed by atoms with Crippen LogP contribution in [0.5, 0.6) is 0 Å². The van der Waals surface area contributed by atoms with Crippen LogP contribution in [-0.4, -0.2) is 29.9 Å². The summed E-state index contributed by atoms with van der Waals surface area (Å²) in [5, 5.41) is 7.88. The fourth-order valence-corrected chi connectivity index (χ4v) is 4.38. The summed E-state index contributed by atoms with van der Waals surface area (Å²) in [5.41, 5.74) is 4.37. The molecule has 5 heteroatoms. The number of carbonyl (C=O) groups is 1. The lowest BCUT2D eigenvalue weighted by molar-refractivity contribution is 0.0938. The molecule has 2 aromatic carbocycles. The molecule has 0 radical (unpaired) electrons. The van der Waals surface area contributed by atoms with Gasteiger partial charge < -0.3 is 5.32 Å².